The summed E-state index contributed by atoms with van der Waals surface area (Å²) in [6, 6.07) is 17.7. The number of aromatic nitrogens is 3. The minimum absolute atomic E-state index is 0.0467. The molecule has 0 atom stereocenters. The standard InChI is InChI=1S/C24H23N5O2S/c1-24(2,3)17-10-12-19(13-11-17)32(30,31)28-23-15-18(16-25-4)27-29(23)22-9-5-8-21-20(22)7-6-14-26-21/h5-15,28H,16H2,1-3H3. The van der Waals surface area contributed by atoms with E-state index in [2.05, 4.69) is 40.4 Å². The molecule has 0 bridgehead atoms. The molecule has 2 heterocycles. The van der Waals surface area contributed by atoms with E-state index in [9.17, 15) is 8.42 Å². The predicted octanol–water partition coefficient (Wildman–Crippen LogP) is 4.94. The lowest BCUT2D eigenvalue weighted by Gasteiger charge is -2.19. The van der Waals surface area contributed by atoms with Crippen LogP contribution in [-0.4, -0.2) is 23.2 Å². The summed E-state index contributed by atoms with van der Waals surface area (Å²) in [6.07, 6.45) is 1.70. The van der Waals surface area contributed by atoms with Crippen LogP contribution < -0.4 is 4.72 Å². The average molecular weight is 446 g/mol. The van der Waals surface area contributed by atoms with E-state index in [1.54, 1.807) is 24.4 Å². The molecule has 0 saturated carbocycles. The molecule has 2 aromatic carbocycles. The first-order valence-electron chi connectivity index (χ1n) is 10.1. The molecule has 32 heavy (non-hydrogen) atoms. The summed E-state index contributed by atoms with van der Waals surface area (Å²) in [5.41, 5.74) is 2.88. The Labute approximate surface area is 187 Å². The van der Waals surface area contributed by atoms with Gasteiger partial charge >= 0.3 is 0 Å². The van der Waals surface area contributed by atoms with E-state index in [4.69, 9.17) is 6.57 Å². The zero-order chi connectivity index (χ0) is 22.9. The van der Waals surface area contributed by atoms with Gasteiger partial charge in [-0.1, -0.05) is 39.0 Å². The summed E-state index contributed by atoms with van der Waals surface area (Å²) in [5.74, 6) is 0.264. The molecule has 0 amide bonds. The lowest BCUT2D eigenvalue weighted by molar-refractivity contribution is 0.587. The van der Waals surface area contributed by atoms with E-state index < -0.39 is 10.0 Å². The van der Waals surface area contributed by atoms with Crippen LogP contribution in [0.4, 0.5) is 5.82 Å². The minimum atomic E-state index is -3.86. The maximum Gasteiger partial charge on any atom is 0.263 e. The monoisotopic (exact) mass is 445 g/mol. The lowest BCUT2D eigenvalue weighted by Crippen LogP contribution is -2.17. The fraction of sp³-hybridized carbons (Fsp3) is 0.208. The molecule has 0 unspecified atom stereocenters. The SMILES string of the molecule is [C-]#[N+]Cc1cc(NS(=O)(=O)c2ccc(C(C)(C)C)cc2)n(-c2cccc3ncccc23)n1. The van der Waals surface area contributed by atoms with Crippen molar-refractivity contribution in [1.82, 2.24) is 14.8 Å². The number of nitrogens with one attached hydrogen (secondary N) is 1. The van der Waals surface area contributed by atoms with Crippen LogP contribution in [0, 0.1) is 6.57 Å². The smallest absolute Gasteiger partial charge is 0.263 e. The van der Waals surface area contributed by atoms with E-state index in [0.717, 1.165) is 16.5 Å². The maximum atomic E-state index is 13.2. The van der Waals surface area contributed by atoms with Gasteiger partial charge in [-0.3, -0.25) is 9.71 Å². The number of pyridine rings is 1. The molecular weight excluding hydrogens is 422 g/mol. The number of fused-ring (bicyclic) bond motifs is 1. The minimum Gasteiger partial charge on any atom is -0.310 e. The molecule has 162 valence electrons. The summed E-state index contributed by atoms with van der Waals surface area (Å²) in [7, 11) is -3.86. The highest BCUT2D eigenvalue weighted by molar-refractivity contribution is 7.92. The highest BCUT2D eigenvalue weighted by Crippen LogP contribution is 2.28. The highest BCUT2D eigenvalue weighted by atomic mass is 32.2. The van der Waals surface area contributed by atoms with Gasteiger partial charge < -0.3 is 4.85 Å². The van der Waals surface area contributed by atoms with Crippen molar-refractivity contribution in [3.63, 3.8) is 0 Å². The van der Waals surface area contributed by atoms with E-state index >= 15 is 0 Å². The molecule has 2 aromatic heterocycles. The van der Waals surface area contributed by atoms with Gasteiger partial charge in [0, 0.05) is 17.6 Å². The molecule has 0 radical (unpaired) electrons. The fourth-order valence-electron chi connectivity index (χ4n) is 3.45. The second kappa shape index (κ2) is 8.09. The first-order chi connectivity index (χ1) is 15.2. The molecule has 7 nitrogen and oxygen atoms in total. The molecule has 0 fully saturated rings. The summed E-state index contributed by atoms with van der Waals surface area (Å²) >= 11 is 0. The van der Waals surface area contributed by atoms with Crippen molar-refractivity contribution in [1.29, 1.82) is 0 Å². The Bertz CT molecular complexity index is 1420. The van der Waals surface area contributed by atoms with Crippen molar-refractivity contribution in [2.75, 3.05) is 4.72 Å². The van der Waals surface area contributed by atoms with E-state index in [1.807, 2.05) is 42.5 Å². The van der Waals surface area contributed by atoms with Gasteiger partial charge in [-0.15, -0.1) is 0 Å². The molecule has 4 aromatic rings. The largest absolute Gasteiger partial charge is 0.310 e. The summed E-state index contributed by atoms with van der Waals surface area (Å²) in [6.45, 7) is 13.4. The van der Waals surface area contributed by atoms with Crippen LogP contribution in [0.2, 0.25) is 0 Å². The van der Waals surface area contributed by atoms with E-state index in [0.29, 0.717) is 11.4 Å². The molecular formula is C24H23N5O2S. The molecule has 0 aliphatic carbocycles. The van der Waals surface area contributed by atoms with Gasteiger partial charge in [0.2, 0.25) is 0 Å². The summed E-state index contributed by atoms with van der Waals surface area (Å²) in [4.78, 5) is 7.91. The quantitative estimate of drug-likeness (QED) is 0.441. The van der Waals surface area contributed by atoms with Gasteiger partial charge in [-0.25, -0.2) is 19.7 Å². The lowest BCUT2D eigenvalue weighted by atomic mass is 9.87. The second-order valence-electron chi connectivity index (χ2n) is 8.48. The van der Waals surface area contributed by atoms with Crippen LogP contribution in [0.5, 0.6) is 0 Å². The fourth-order valence-corrected chi connectivity index (χ4v) is 4.48. The Hall–Kier alpha value is -3.70. The zero-order valence-electron chi connectivity index (χ0n) is 18.1. The van der Waals surface area contributed by atoms with Crippen molar-refractivity contribution in [3.8, 4) is 5.69 Å². The number of benzene rings is 2. The molecule has 1 N–H and O–H groups in total. The van der Waals surface area contributed by atoms with Crippen LogP contribution in [0.15, 0.2) is 71.8 Å². The molecule has 8 heteroatoms. The van der Waals surface area contributed by atoms with Crippen molar-refractivity contribution in [2.45, 2.75) is 37.6 Å². The van der Waals surface area contributed by atoms with Gasteiger partial charge in [0.25, 0.3) is 16.6 Å². The first-order valence-corrected chi connectivity index (χ1v) is 11.6. The Morgan fingerprint density at radius 3 is 2.50 bits per heavy atom. The van der Waals surface area contributed by atoms with E-state index in [-0.39, 0.29) is 22.7 Å². The van der Waals surface area contributed by atoms with Crippen LogP contribution in [0.1, 0.15) is 32.0 Å². The van der Waals surface area contributed by atoms with Gasteiger partial charge in [-0.2, -0.15) is 5.10 Å². The van der Waals surface area contributed by atoms with Gasteiger partial charge in [0.05, 0.1) is 16.1 Å². The van der Waals surface area contributed by atoms with Crippen molar-refractivity contribution < 1.29 is 8.42 Å². The molecule has 0 saturated heterocycles. The Morgan fingerprint density at radius 2 is 1.81 bits per heavy atom. The maximum absolute atomic E-state index is 13.2. The predicted molar refractivity (Wildman–Crippen MR) is 125 cm³/mol. The zero-order valence-corrected chi connectivity index (χ0v) is 18.9. The normalized spacial score (nSPS) is 11.9. The number of hydrogen-bond donors (Lipinski definition) is 1. The van der Waals surface area contributed by atoms with Crippen LogP contribution in [0.3, 0.4) is 0 Å². The van der Waals surface area contributed by atoms with Gasteiger partial charge in [0.15, 0.2) is 0 Å². The van der Waals surface area contributed by atoms with Crippen molar-refractivity contribution in [2.24, 2.45) is 0 Å². The van der Waals surface area contributed by atoms with Crippen molar-refractivity contribution >= 4 is 26.7 Å². The Balaban J connectivity index is 1.78. The molecule has 0 aliphatic rings. The summed E-state index contributed by atoms with van der Waals surface area (Å²) in [5, 5.41) is 5.31. The Kier molecular flexibility index (Phi) is 5.45. The van der Waals surface area contributed by atoms with Crippen LogP contribution >= 0.6 is 0 Å². The number of rotatable bonds is 5. The third kappa shape index (κ3) is 4.20. The third-order valence-corrected chi connectivity index (χ3v) is 6.49. The highest BCUT2D eigenvalue weighted by Gasteiger charge is 2.21. The third-order valence-electron chi connectivity index (χ3n) is 5.12. The number of nitrogens with zero attached hydrogens (tertiary/aromatic N) is 4. The second-order valence-corrected chi connectivity index (χ2v) is 10.2. The van der Waals surface area contributed by atoms with E-state index in [1.165, 1.54) is 4.68 Å². The van der Waals surface area contributed by atoms with Crippen LogP contribution in [-0.2, 0) is 22.0 Å². The average Bonchev–Trinajstić information content (AvgIpc) is 3.14. The number of sulfonamides is 1. The first kappa shape index (κ1) is 21.5. The molecule has 4 rings (SSSR count). The molecule has 0 aliphatic heterocycles. The van der Waals surface area contributed by atoms with Crippen LogP contribution in [0.25, 0.3) is 21.4 Å². The molecule has 0 spiro atoms. The Morgan fingerprint density at radius 1 is 1.06 bits per heavy atom. The number of hydrogen-bond acceptors (Lipinski definition) is 4. The summed E-state index contributed by atoms with van der Waals surface area (Å²) < 4.78 is 30.5. The van der Waals surface area contributed by atoms with Gasteiger partial charge in [-0.05, 0) is 47.4 Å². The van der Waals surface area contributed by atoms with Crippen molar-refractivity contribution in [3.05, 3.63) is 89.5 Å². The number of anilines is 1. The van der Waals surface area contributed by atoms with Gasteiger partial charge in [0.1, 0.15) is 11.5 Å². The topological polar surface area (TPSA) is 81.2 Å².